The van der Waals surface area contributed by atoms with Crippen molar-refractivity contribution in [3.63, 3.8) is 0 Å². The molecule has 0 saturated heterocycles. The molecule has 6 heteroatoms. The van der Waals surface area contributed by atoms with E-state index >= 15 is 0 Å². The van der Waals surface area contributed by atoms with Gasteiger partial charge in [-0.2, -0.15) is 0 Å². The third-order valence-corrected chi connectivity index (χ3v) is 2.37. The lowest BCUT2D eigenvalue weighted by molar-refractivity contribution is -0.123. The quantitative estimate of drug-likeness (QED) is 0.802. The highest BCUT2D eigenvalue weighted by Gasteiger charge is 2.07. The summed E-state index contributed by atoms with van der Waals surface area (Å²) in [6.45, 7) is 2.74. The van der Waals surface area contributed by atoms with Crippen molar-refractivity contribution in [2.75, 3.05) is 26.8 Å². The van der Waals surface area contributed by atoms with E-state index in [-0.39, 0.29) is 24.9 Å². The summed E-state index contributed by atoms with van der Waals surface area (Å²) >= 11 is 0. The number of nitrogens with one attached hydrogen (secondary N) is 1. The van der Waals surface area contributed by atoms with Gasteiger partial charge in [-0.05, 0) is 24.6 Å². The number of carbonyl (C=O) groups is 1. The van der Waals surface area contributed by atoms with E-state index in [9.17, 15) is 4.79 Å². The third-order valence-electron chi connectivity index (χ3n) is 2.37. The van der Waals surface area contributed by atoms with E-state index in [0.717, 1.165) is 5.56 Å². The van der Waals surface area contributed by atoms with Crippen LogP contribution in [0.25, 0.3) is 6.08 Å². The fourth-order valence-corrected chi connectivity index (χ4v) is 1.51. The molecule has 1 aromatic carbocycles. The molecule has 0 aliphatic heterocycles. The molecule has 5 nitrogen and oxygen atoms in total. The number of nitrogens with two attached hydrogens (primary N) is 1. The first kappa shape index (κ1) is 18.3. The smallest absolute Gasteiger partial charge is 0.257 e. The highest BCUT2D eigenvalue weighted by atomic mass is 35.5. The number of allylic oxidation sites excluding steroid dienone is 1. The molecule has 0 radical (unpaired) electrons. The van der Waals surface area contributed by atoms with Crippen LogP contribution in [0.3, 0.4) is 0 Å². The molecule has 3 N–H and O–H groups in total. The number of ether oxygens (including phenoxy) is 2. The van der Waals surface area contributed by atoms with E-state index in [1.54, 1.807) is 13.2 Å². The molecule has 1 amide bonds. The summed E-state index contributed by atoms with van der Waals surface area (Å²) in [7, 11) is 1.57. The van der Waals surface area contributed by atoms with Crippen molar-refractivity contribution in [3.05, 3.63) is 29.8 Å². The summed E-state index contributed by atoms with van der Waals surface area (Å²) in [5.74, 6) is 0.936. The number of halogens is 1. The molecule has 112 valence electrons. The van der Waals surface area contributed by atoms with Crippen LogP contribution in [-0.2, 0) is 4.79 Å². The summed E-state index contributed by atoms with van der Waals surface area (Å²) in [5, 5.41) is 2.63. The van der Waals surface area contributed by atoms with Crippen molar-refractivity contribution >= 4 is 24.4 Å². The highest BCUT2D eigenvalue weighted by molar-refractivity contribution is 5.85. The van der Waals surface area contributed by atoms with Crippen molar-refractivity contribution < 1.29 is 14.3 Å². The molecule has 0 saturated carbocycles. The van der Waals surface area contributed by atoms with Crippen molar-refractivity contribution in [3.8, 4) is 11.5 Å². The summed E-state index contributed by atoms with van der Waals surface area (Å²) < 4.78 is 10.7. The van der Waals surface area contributed by atoms with Crippen molar-refractivity contribution in [2.24, 2.45) is 5.73 Å². The number of hydrogen-bond acceptors (Lipinski definition) is 4. The fourth-order valence-electron chi connectivity index (χ4n) is 1.51. The normalized spacial score (nSPS) is 9.95. The minimum Gasteiger partial charge on any atom is -0.493 e. The van der Waals surface area contributed by atoms with Crippen LogP contribution in [0, 0.1) is 0 Å². The van der Waals surface area contributed by atoms with E-state index in [0.29, 0.717) is 24.6 Å². The maximum absolute atomic E-state index is 11.4. The molecule has 0 aromatic heterocycles. The largest absolute Gasteiger partial charge is 0.493 e. The Morgan fingerprint density at radius 2 is 2.15 bits per heavy atom. The van der Waals surface area contributed by atoms with Gasteiger partial charge >= 0.3 is 0 Å². The first-order valence-electron chi connectivity index (χ1n) is 6.11. The molecule has 20 heavy (non-hydrogen) atoms. The van der Waals surface area contributed by atoms with Crippen LogP contribution in [-0.4, -0.2) is 32.7 Å². The van der Waals surface area contributed by atoms with Crippen LogP contribution >= 0.6 is 12.4 Å². The molecule has 1 aromatic rings. The highest BCUT2D eigenvalue weighted by Crippen LogP contribution is 2.28. The molecule has 0 atom stereocenters. The molecular weight excluding hydrogens is 280 g/mol. The second-order valence-electron chi connectivity index (χ2n) is 3.84. The maximum Gasteiger partial charge on any atom is 0.257 e. The summed E-state index contributed by atoms with van der Waals surface area (Å²) in [5.41, 5.74) is 6.31. The van der Waals surface area contributed by atoms with Gasteiger partial charge in [-0.15, -0.1) is 12.4 Å². The molecule has 0 bridgehead atoms. The van der Waals surface area contributed by atoms with Gasteiger partial charge < -0.3 is 20.5 Å². The fraction of sp³-hybridized carbons (Fsp3) is 0.357. The van der Waals surface area contributed by atoms with Crippen LogP contribution in [0.5, 0.6) is 11.5 Å². The zero-order valence-corrected chi connectivity index (χ0v) is 12.5. The van der Waals surface area contributed by atoms with Gasteiger partial charge in [0.05, 0.1) is 7.11 Å². The molecule has 1 rings (SSSR count). The molecule has 0 aliphatic carbocycles. The van der Waals surface area contributed by atoms with Crippen molar-refractivity contribution in [1.29, 1.82) is 0 Å². The zero-order chi connectivity index (χ0) is 14.1. The molecule has 0 unspecified atom stereocenters. The first-order valence-corrected chi connectivity index (χ1v) is 6.11. The number of benzene rings is 1. The zero-order valence-electron chi connectivity index (χ0n) is 11.7. The van der Waals surface area contributed by atoms with Gasteiger partial charge in [0.1, 0.15) is 0 Å². The summed E-state index contributed by atoms with van der Waals surface area (Å²) in [6, 6.07) is 5.53. The van der Waals surface area contributed by atoms with Crippen LogP contribution in [0.1, 0.15) is 12.5 Å². The van der Waals surface area contributed by atoms with Gasteiger partial charge in [-0.3, -0.25) is 4.79 Å². The van der Waals surface area contributed by atoms with E-state index in [1.807, 2.05) is 31.2 Å². The second-order valence-corrected chi connectivity index (χ2v) is 3.84. The van der Waals surface area contributed by atoms with Crippen LogP contribution in [0.2, 0.25) is 0 Å². The predicted molar refractivity (Wildman–Crippen MR) is 82.5 cm³/mol. The Balaban J connectivity index is 0.00000361. The maximum atomic E-state index is 11.4. The van der Waals surface area contributed by atoms with Crippen LogP contribution in [0.4, 0.5) is 0 Å². The lowest BCUT2D eigenvalue weighted by Gasteiger charge is -2.11. The minimum absolute atomic E-state index is 0. The number of methoxy groups -OCH3 is 1. The third kappa shape index (κ3) is 5.95. The summed E-state index contributed by atoms with van der Waals surface area (Å²) in [6.07, 6.45) is 3.90. The van der Waals surface area contributed by atoms with Gasteiger partial charge in [0, 0.05) is 13.1 Å². The molecule has 0 heterocycles. The van der Waals surface area contributed by atoms with E-state index in [2.05, 4.69) is 5.32 Å². The van der Waals surface area contributed by atoms with Gasteiger partial charge in [-0.1, -0.05) is 18.2 Å². The van der Waals surface area contributed by atoms with Crippen LogP contribution in [0.15, 0.2) is 24.3 Å². The Labute approximate surface area is 125 Å². The van der Waals surface area contributed by atoms with Gasteiger partial charge in [-0.25, -0.2) is 0 Å². The molecular formula is C14H21ClN2O3. The predicted octanol–water partition coefficient (Wildman–Crippen LogP) is 1.60. The Kier molecular flexibility index (Phi) is 9.24. The topological polar surface area (TPSA) is 73.6 Å². The minimum atomic E-state index is -0.204. The van der Waals surface area contributed by atoms with E-state index in [4.69, 9.17) is 15.2 Å². The Morgan fingerprint density at radius 1 is 1.40 bits per heavy atom. The number of amides is 1. The van der Waals surface area contributed by atoms with Gasteiger partial charge in [0.15, 0.2) is 18.1 Å². The number of rotatable bonds is 7. The van der Waals surface area contributed by atoms with Crippen molar-refractivity contribution in [2.45, 2.75) is 6.92 Å². The Bertz CT molecular complexity index is 450. The van der Waals surface area contributed by atoms with Gasteiger partial charge in [0.2, 0.25) is 0 Å². The molecule has 0 spiro atoms. The van der Waals surface area contributed by atoms with E-state index < -0.39 is 0 Å². The number of carbonyl (C=O) groups excluding carboxylic acids is 1. The Morgan fingerprint density at radius 3 is 2.75 bits per heavy atom. The lowest BCUT2D eigenvalue weighted by Crippen LogP contribution is -2.32. The average molecular weight is 301 g/mol. The molecule has 0 aliphatic rings. The molecule has 0 fully saturated rings. The number of hydrogen-bond donors (Lipinski definition) is 2. The Hall–Kier alpha value is -1.72. The van der Waals surface area contributed by atoms with Crippen molar-refractivity contribution in [1.82, 2.24) is 5.32 Å². The van der Waals surface area contributed by atoms with E-state index in [1.165, 1.54) is 0 Å². The van der Waals surface area contributed by atoms with Gasteiger partial charge in [0.25, 0.3) is 5.91 Å². The monoisotopic (exact) mass is 300 g/mol. The standard InChI is InChI=1S/C14H20N2O3.ClH/c1-3-4-11-5-6-12(13(9-11)18-2)19-10-14(17)16-8-7-15;/h3-6,9H,7-8,10,15H2,1-2H3,(H,16,17);1H/b4-3+;. The second kappa shape index (κ2) is 10.1. The van der Waals surface area contributed by atoms with Crippen LogP contribution < -0.4 is 20.5 Å². The lowest BCUT2D eigenvalue weighted by atomic mass is 10.2. The SMILES string of the molecule is C/C=C/c1ccc(OCC(=O)NCCN)c(OC)c1.Cl. The average Bonchev–Trinajstić information content (AvgIpc) is 2.43. The first-order chi connectivity index (χ1) is 9.21. The summed E-state index contributed by atoms with van der Waals surface area (Å²) in [4.78, 5) is 11.4.